The quantitative estimate of drug-likeness (QED) is 0.706. The van der Waals surface area contributed by atoms with Crippen LogP contribution in [-0.2, 0) is 4.74 Å². The lowest BCUT2D eigenvalue weighted by molar-refractivity contribution is 0.200. The lowest BCUT2D eigenvalue weighted by Crippen LogP contribution is -2.20. The van der Waals surface area contributed by atoms with Crippen LogP contribution in [0.25, 0.3) is 6.08 Å². The van der Waals surface area contributed by atoms with Crippen LogP contribution < -0.4 is 14.8 Å². The maximum Gasteiger partial charge on any atom is 0.161 e. The van der Waals surface area contributed by atoms with Gasteiger partial charge in [0.2, 0.25) is 0 Å². The molecule has 112 valence electrons. The van der Waals surface area contributed by atoms with Crippen molar-refractivity contribution >= 4 is 6.08 Å². The minimum absolute atomic E-state index is 0.633. The molecule has 0 saturated heterocycles. The lowest BCUT2D eigenvalue weighted by atomic mass is 10.1. The summed E-state index contributed by atoms with van der Waals surface area (Å²) < 4.78 is 15.9. The molecule has 0 saturated carbocycles. The molecule has 0 aromatic heterocycles. The highest BCUT2D eigenvalue weighted by molar-refractivity contribution is 5.58. The number of hydrogen-bond acceptors (Lipinski definition) is 4. The van der Waals surface area contributed by atoms with Crippen molar-refractivity contribution in [1.82, 2.24) is 5.32 Å². The van der Waals surface area contributed by atoms with Crippen LogP contribution in [0.3, 0.4) is 0 Å². The highest BCUT2D eigenvalue weighted by atomic mass is 16.5. The summed E-state index contributed by atoms with van der Waals surface area (Å²) in [7, 11) is 3.36. The summed E-state index contributed by atoms with van der Waals surface area (Å²) in [6, 6.07) is 5.97. The topological polar surface area (TPSA) is 39.7 Å². The average Bonchev–Trinajstić information content (AvgIpc) is 2.45. The van der Waals surface area contributed by atoms with E-state index < -0.39 is 0 Å². The van der Waals surface area contributed by atoms with Crippen molar-refractivity contribution < 1.29 is 14.2 Å². The van der Waals surface area contributed by atoms with Gasteiger partial charge in [-0.25, -0.2) is 0 Å². The van der Waals surface area contributed by atoms with Crippen molar-refractivity contribution in [2.45, 2.75) is 13.8 Å². The van der Waals surface area contributed by atoms with E-state index in [0.717, 1.165) is 36.8 Å². The third kappa shape index (κ3) is 5.63. The number of nitrogens with one attached hydrogen (secondary N) is 1. The zero-order valence-electron chi connectivity index (χ0n) is 12.9. The van der Waals surface area contributed by atoms with Gasteiger partial charge in [0.1, 0.15) is 0 Å². The Bertz CT molecular complexity index is 430. The normalized spacial score (nSPS) is 11.5. The molecule has 4 nitrogen and oxygen atoms in total. The molecule has 1 aromatic rings. The van der Waals surface area contributed by atoms with Gasteiger partial charge in [0, 0.05) is 20.2 Å². The van der Waals surface area contributed by atoms with Crippen molar-refractivity contribution in [3.63, 3.8) is 0 Å². The number of ether oxygens (including phenoxy) is 3. The third-order valence-corrected chi connectivity index (χ3v) is 2.79. The molecule has 0 aliphatic heterocycles. The zero-order valence-corrected chi connectivity index (χ0v) is 12.9. The van der Waals surface area contributed by atoms with Gasteiger partial charge in [-0.1, -0.05) is 17.7 Å². The summed E-state index contributed by atoms with van der Waals surface area (Å²) in [5.74, 6) is 1.55. The first-order chi connectivity index (χ1) is 9.71. The molecule has 0 bridgehead atoms. The maximum atomic E-state index is 5.51. The standard InChI is InChI=1S/C16H25NO3/c1-5-20-15-7-6-14(11-16(15)19-4)10-13(2)12-17-8-9-18-3/h6-7,10-11,17H,5,8-9,12H2,1-4H3. The first-order valence-corrected chi connectivity index (χ1v) is 6.89. The van der Waals surface area contributed by atoms with E-state index in [9.17, 15) is 0 Å². The Morgan fingerprint density at radius 1 is 1.25 bits per heavy atom. The first-order valence-electron chi connectivity index (χ1n) is 6.89. The Morgan fingerprint density at radius 2 is 2.05 bits per heavy atom. The Hall–Kier alpha value is -1.52. The lowest BCUT2D eigenvalue weighted by Gasteiger charge is -2.10. The van der Waals surface area contributed by atoms with Crippen LogP contribution in [0.1, 0.15) is 19.4 Å². The van der Waals surface area contributed by atoms with Crippen LogP contribution in [-0.4, -0.2) is 40.5 Å². The smallest absolute Gasteiger partial charge is 0.161 e. The number of methoxy groups -OCH3 is 2. The first kappa shape index (κ1) is 16.5. The fourth-order valence-corrected chi connectivity index (χ4v) is 1.84. The Morgan fingerprint density at radius 3 is 2.70 bits per heavy atom. The minimum atomic E-state index is 0.633. The third-order valence-electron chi connectivity index (χ3n) is 2.79. The van der Waals surface area contributed by atoms with Gasteiger partial charge >= 0.3 is 0 Å². The molecule has 0 amide bonds. The molecule has 20 heavy (non-hydrogen) atoms. The van der Waals surface area contributed by atoms with Gasteiger partial charge in [-0.3, -0.25) is 0 Å². The molecule has 0 spiro atoms. The van der Waals surface area contributed by atoms with Crippen molar-refractivity contribution in [1.29, 1.82) is 0 Å². The maximum absolute atomic E-state index is 5.51. The Labute approximate surface area is 121 Å². The van der Waals surface area contributed by atoms with E-state index >= 15 is 0 Å². The summed E-state index contributed by atoms with van der Waals surface area (Å²) in [4.78, 5) is 0. The average molecular weight is 279 g/mol. The van der Waals surface area contributed by atoms with E-state index in [1.807, 2.05) is 25.1 Å². The summed E-state index contributed by atoms with van der Waals surface area (Å²) in [6.07, 6.45) is 2.14. The molecule has 4 heteroatoms. The predicted octanol–water partition coefficient (Wildman–Crippen LogP) is 2.73. The van der Waals surface area contributed by atoms with E-state index in [1.165, 1.54) is 5.57 Å². The van der Waals surface area contributed by atoms with Gasteiger partial charge in [-0.05, 0) is 31.5 Å². The van der Waals surface area contributed by atoms with Crippen molar-refractivity contribution in [2.24, 2.45) is 0 Å². The molecule has 1 aromatic carbocycles. The number of rotatable bonds is 9. The molecule has 0 aliphatic rings. The summed E-state index contributed by atoms with van der Waals surface area (Å²) in [6.45, 7) is 7.12. The molecular formula is C16H25NO3. The van der Waals surface area contributed by atoms with E-state index in [0.29, 0.717) is 6.61 Å². The molecule has 0 aliphatic carbocycles. The van der Waals surface area contributed by atoms with Crippen molar-refractivity contribution in [2.75, 3.05) is 40.5 Å². The second kappa shape index (κ2) is 9.39. The van der Waals surface area contributed by atoms with E-state index in [2.05, 4.69) is 18.3 Å². The van der Waals surface area contributed by atoms with Gasteiger partial charge in [0.25, 0.3) is 0 Å². The van der Waals surface area contributed by atoms with Gasteiger partial charge in [0.15, 0.2) is 11.5 Å². The predicted molar refractivity (Wildman–Crippen MR) is 82.6 cm³/mol. The molecule has 0 unspecified atom stereocenters. The second-order valence-electron chi connectivity index (χ2n) is 4.50. The fourth-order valence-electron chi connectivity index (χ4n) is 1.84. The van der Waals surface area contributed by atoms with Crippen LogP contribution in [0.2, 0.25) is 0 Å². The van der Waals surface area contributed by atoms with Crippen LogP contribution in [0, 0.1) is 0 Å². The fraction of sp³-hybridized carbons (Fsp3) is 0.500. The minimum Gasteiger partial charge on any atom is -0.493 e. The SMILES string of the molecule is CCOc1ccc(C=C(C)CNCCOC)cc1OC. The van der Waals surface area contributed by atoms with Crippen molar-refractivity contribution in [3.8, 4) is 11.5 Å². The monoisotopic (exact) mass is 279 g/mol. The Balaban J connectivity index is 2.66. The molecule has 1 N–H and O–H groups in total. The molecule has 1 rings (SSSR count). The Kier molecular flexibility index (Phi) is 7.77. The zero-order chi connectivity index (χ0) is 14.8. The summed E-state index contributed by atoms with van der Waals surface area (Å²) in [5.41, 5.74) is 2.36. The van der Waals surface area contributed by atoms with E-state index in [1.54, 1.807) is 14.2 Å². The van der Waals surface area contributed by atoms with Crippen LogP contribution in [0.15, 0.2) is 23.8 Å². The molecular weight excluding hydrogens is 254 g/mol. The summed E-state index contributed by atoms with van der Waals surface area (Å²) in [5, 5.41) is 3.32. The molecule has 0 atom stereocenters. The van der Waals surface area contributed by atoms with Gasteiger partial charge in [-0.15, -0.1) is 0 Å². The highest BCUT2D eigenvalue weighted by Crippen LogP contribution is 2.28. The van der Waals surface area contributed by atoms with Crippen LogP contribution in [0.5, 0.6) is 11.5 Å². The van der Waals surface area contributed by atoms with Gasteiger partial charge in [-0.2, -0.15) is 0 Å². The molecule has 0 heterocycles. The van der Waals surface area contributed by atoms with E-state index in [4.69, 9.17) is 14.2 Å². The second-order valence-corrected chi connectivity index (χ2v) is 4.50. The number of hydrogen-bond donors (Lipinski definition) is 1. The largest absolute Gasteiger partial charge is 0.493 e. The number of benzene rings is 1. The summed E-state index contributed by atoms with van der Waals surface area (Å²) >= 11 is 0. The van der Waals surface area contributed by atoms with Crippen LogP contribution >= 0.6 is 0 Å². The highest BCUT2D eigenvalue weighted by Gasteiger charge is 2.04. The molecule has 0 radical (unpaired) electrons. The van der Waals surface area contributed by atoms with E-state index in [-0.39, 0.29) is 0 Å². The van der Waals surface area contributed by atoms with Gasteiger partial charge in [0.05, 0.1) is 20.3 Å². The molecule has 0 fully saturated rings. The van der Waals surface area contributed by atoms with Crippen LogP contribution in [0.4, 0.5) is 0 Å². The van der Waals surface area contributed by atoms with Crippen molar-refractivity contribution in [3.05, 3.63) is 29.3 Å². The van der Waals surface area contributed by atoms with Gasteiger partial charge < -0.3 is 19.5 Å².